The van der Waals surface area contributed by atoms with E-state index in [-0.39, 0.29) is 11.9 Å². The van der Waals surface area contributed by atoms with Crippen molar-refractivity contribution in [1.29, 1.82) is 0 Å². The monoisotopic (exact) mass is 313 g/mol. The van der Waals surface area contributed by atoms with Crippen LogP contribution >= 0.6 is 11.6 Å². The molecule has 1 aromatic carbocycles. The molecule has 0 aromatic heterocycles. The lowest BCUT2D eigenvalue weighted by atomic mass is 10.0. The third-order valence-electron chi connectivity index (χ3n) is 4.30. The average Bonchev–Trinajstić information content (AvgIpc) is 2.45. The lowest BCUT2D eigenvalue weighted by Gasteiger charge is -2.43. The number of nitrogens with zero attached hydrogens (tertiary/aromatic N) is 2. The molecule has 1 heterocycles. The quantitative estimate of drug-likeness (QED) is 0.907. The number of rotatable bonds is 5. The van der Waals surface area contributed by atoms with Gasteiger partial charge in [-0.25, -0.2) is 4.39 Å². The van der Waals surface area contributed by atoms with E-state index in [9.17, 15) is 4.39 Å². The molecule has 0 spiro atoms. The van der Waals surface area contributed by atoms with Crippen molar-refractivity contribution in [2.24, 2.45) is 5.73 Å². The molecule has 0 saturated carbocycles. The maximum absolute atomic E-state index is 14.2. The predicted octanol–water partition coefficient (Wildman–Crippen LogP) is 2.90. The van der Waals surface area contributed by atoms with Crippen LogP contribution in [-0.2, 0) is 0 Å². The van der Waals surface area contributed by atoms with E-state index in [0.717, 1.165) is 32.6 Å². The molecular weight excluding hydrogens is 289 g/mol. The number of hydrogen-bond acceptors (Lipinski definition) is 3. The van der Waals surface area contributed by atoms with Crippen molar-refractivity contribution in [3.63, 3.8) is 0 Å². The highest BCUT2D eigenvalue weighted by atomic mass is 35.5. The van der Waals surface area contributed by atoms with Gasteiger partial charge in [-0.2, -0.15) is 0 Å². The van der Waals surface area contributed by atoms with Crippen LogP contribution in [0.5, 0.6) is 0 Å². The fourth-order valence-electron chi connectivity index (χ4n) is 3.20. The number of hydrogen-bond donors (Lipinski definition) is 1. The van der Waals surface area contributed by atoms with E-state index in [1.807, 2.05) is 0 Å². The van der Waals surface area contributed by atoms with Crippen molar-refractivity contribution in [2.75, 3.05) is 32.7 Å². The zero-order chi connectivity index (χ0) is 15.4. The van der Waals surface area contributed by atoms with Crippen molar-refractivity contribution < 1.29 is 4.39 Å². The Morgan fingerprint density at radius 2 is 2.19 bits per heavy atom. The van der Waals surface area contributed by atoms with E-state index in [1.54, 1.807) is 12.1 Å². The Morgan fingerprint density at radius 1 is 1.43 bits per heavy atom. The average molecular weight is 314 g/mol. The zero-order valence-corrected chi connectivity index (χ0v) is 13.6. The van der Waals surface area contributed by atoms with Crippen LogP contribution < -0.4 is 5.73 Å². The number of benzene rings is 1. The first kappa shape index (κ1) is 16.7. The first-order valence-corrected chi connectivity index (χ1v) is 8.08. The highest BCUT2D eigenvalue weighted by Gasteiger charge is 2.30. The lowest BCUT2D eigenvalue weighted by Crippen LogP contribution is -2.53. The molecule has 0 amide bonds. The van der Waals surface area contributed by atoms with Crippen LogP contribution in [0, 0.1) is 5.82 Å². The van der Waals surface area contributed by atoms with Gasteiger partial charge in [0.15, 0.2) is 0 Å². The second-order valence-corrected chi connectivity index (χ2v) is 6.17. The van der Waals surface area contributed by atoms with Crippen LogP contribution in [0.2, 0.25) is 5.02 Å². The summed E-state index contributed by atoms with van der Waals surface area (Å²) in [5, 5.41) is 0.467. The van der Waals surface area contributed by atoms with E-state index in [2.05, 4.69) is 23.6 Å². The summed E-state index contributed by atoms with van der Waals surface area (Å²) in [6.45, 7) is 8.70. The van der Waals surface area contributed by atoms with Crippen LogP contribution in [-0.4, -0.2) is 48.6 Å². The van der Waals surface area contributed by atoms with Crippen molar-refractivity contribution in [3.05, 3.63) is 34.6 Å². The minimum atomic E-state index is -0.262. The summed E-state index contributed by atoms with van der Waals surface area (Å²) in [5.74, 6) is -0.262. The highest BCUT2D eigenvalue weighted by molar-refractivity contribution is 6.31. The summed E-state index contributed by atoms with van der Waals surface area (Å²) >= 11 is 6.20. The van der Waals surface area contributed by atoms with Crippen LogP contribution in [0.4, 0.5) is 4.39 Å². The Bertz CT molecular complexity index is 449. The number of piperazine rings is 1. The first-order chi connectivity index (χ1) is 10.1. The van der Waals surface area contributed by atoms with Gasteiger partial charge in [0.2, 0.25) is 0 Å². The maximum Gasteiger partial charge on any atom is 0.129 e. The van der Waals surface area contributed by atoms with E-state index in [4.69, 9.17) is 17.3 Å². The van der Waals surface area contributed by atoms with E-state index in [0.29, 0.717) is 23.2 Å². The van der Waals surface area contributed by atoms with Gasteiger partial charge in [0.05, 0.1) is 6.04 Å². The largest absolute Gasteiger partial charge is 0.329 e. The minimum Gasteiger partial charge on any atom is -0.329 e. The standard InChI is InChI=1S/C16H25ClFN3/c1-3-7-20-8-9-21(11-12(20)2)15(10-19)16-13(17)5-4-6-14(16)18/h4-6,12,15H,3,7-11,19H2,1-2H3. The van der Waals surface area contributed by atoms with Crippen LogP contribution in [0.15, 0.2) is 18.2 Å². The number of halogens is 2. The summed E-state index contributed by atoms with van der Waals surface area (Å²) < 4.78 is 14.2. The third kappa shape index (κ3) is 3.75. The Kier molecular flexibility index (Phi) is 5.99. The molecule has 118 valence electrons. The molecule has 2 unspecified atom stereocenters. The van der Waals surface area contributed by atoms with Crippen LogP contribution in [0.3, 0.4) is 0 Å². The molecule has 2 atom stereocenters. The first-order valence-electron chi connectivity index (χ1n) is 7.70. The van der Waals surface area contributed by atoms with Gasteiger partial charge in [-0.15, -0.1) is 0 Å². The molecule has 2 N–H and O–H groups in total. The second-order valence-electron chi connectivity index (χ2n) is 5.77. The molecule has 0 bridgehead atoms. The number of nitrogens with two attached hydrogens (primary N) is 1. The molecule has 0 radical (unpaired) electrons. The van der Waals surface area contributed by atoms with Gasteiger partial charge >= 0.3 is 0 Å². The Morgan fingerprint density at radius 3 is 2.76 bits per heavy atom. The summed E-state index contributed by atoms with van der Waals surface area (Å²) in [6, 6.07) is 5.14. The van der Waals surface area contributed by atoms with Gasteiger partial charge in [0.25, 0.3) is 0 Å². The van der Waals surface area contributed by atoms with E-state index in [1.165, 1.54) is 6.07 Å². The summed E-state index contributed by atoms with van der Waals surface area (Å²) in [5.41, 5.74) is 6.47. The van der Waals surface area contributed by atoms with Crippen LogP contribution in [0.25, 0.3) is 0 Å². The van der Waals surface area contributed by atoms with Crippen molar-refractivity contribution in [2.45, 2.75) is 32.4 Å². The zero-order valence-electron chi connectivity index (χ0n) is 12.9. The maximum atomic E-state index is 14.2. The van der Waals surface area contributed by atoms with Crippen molar-refractivity contribution in [3.8, 4) is 0 Å². The molecule has 1 fully saturated rings. The topological polar surface area (TPSA) is 32.5 Å². The molecule has 2 rings (SSSR count). The fourth-order valence-corrected chi connectivity index (χ4v) is 3.49. The Balaban J connectivity index is 2.16. The SMILES string of the molecule is CCCN1CCN(C(CN)c2c(F)cccc2Cl)CC1C. The molecule has 1 aromatic rings. The second kappa shape index (κ2) is 7.54. The van der Waals surface area contributed by atoms with E-state index >= 15 is 0 Å². The lowest BCUT2D eigenvalue weighted by molar-refractivity contribution is 0.0562. The molecule has 1 aliphatic rings. The van der Waals surface area contributed by atoms with Gasteiger partial charge in [-0.1, -0.05) is 24.6 Å². The predicted molar refractivity (Wildman–Crippen MR) is 86.1 cm³/mol. The van der Waals surface area contributed by atoms with Gasteiger partial charge in [-0.05, 0) is 32.0 Å². The minimum absolute atomic E-state index is 0.148. The molecule has 0 aliphatic carbocycles. The van der Waals surface area contributed by atoms with Crippen molar-refractivity contribution >= 4 is 11.6 Å². The van der Waals surface area contributed by atoms with Gasteiger partial charge in [-0.3, -0.25) is 9.80 Å². The molecule has 1 saturated heterocycles. The summed E-state index contributed by atoms with van der Waals surface area (Å²) in [6.07, 6.45) is 1.16. The Hall–Kier alpha value is -0.680. The fraction of sp³-hybridized carbons (Fsp3) is 0.625. The summed E-state index contributed by atoms with van der Waals surface area (Å²) in [7, 11) is 0. The van der Waals surface area contributed by atoms with E-state index < -0.39 is 0 Å². The molecule has 21 heavy (non-hydrogen) atoms. The van der Waals surface area contributed by atoms with Crippen LogP contribution in [0.1, 0.15) is 31.9 Å². The van der Waals surface area contributed by atoms with Gasteiger partial charge < -0.3 is 5.73 Å². The molecule has 3 nitrogen and oxygen atoms in total. The highest BCUT2D eigenvalue weighted by Crippen LogP contribution is 2.30. The van der Waals surface area contributed by atoms with Gasteiger partial charge in [0.1, 0.15) is 5.82 Å². The molecule has 1 aliphatic heterocycles. The third-order valence-corrected chi connectivity index (χ3v) is 4.63. The molecule has 5 heteroatoms. The normalized spacial score (nSPS) is 22.4. The smallest absolute Gasteiger partial charge is 0.129 e. The molecular formula is C16H25ClFN3. The van der Waals surface area contributed by atoms with Gasteiger partial charge in [0, 0.05) is 42.8 Å². The summed E-state index contributed by atoms with van der Waals surface area (Å²) in [4.78, 5) is 4.74. The van der Waals surface area contributed by atoms with Crippen molar-refractivity contribution in [1.82, 2.24) is 9.80 Å². The Labute approximate surface area is 131 Å².